The van der Waals surface area contributed by atoms with Gasteiger partial charge in [0.05, 0.1) is 0 Å². The minimum atomic E-state index is 0.145. The van der Waals surface area contributed by atoms with Gasteiger partial charge in [-0.3, -0.25) is 0 Å². The maximum atomic E-state index is 5.92. The molecule has 0 fully saturated rings. The van der Waals surface area contributed by atoms with Gasteiger partial charge in [0, 0.05) is 6.20 Å². The Morgan fingerprint density at radius 3 is 2.15 bits per heavy atom. The Morgan fingerprint density at radius 1 is 1.15 bits per heavy atom. The van der Waals surface area contributed by atoms with Crippen LogP contribution in [-0.2, 0) is 5.41 Å². The molecule has 0 radical (unpaired) electrons. The van der Waals surface area contributed by atoms with Gasteiger partial charge in [0.15, 0.2) is 0 Å². The summed E-state index contributed by atoms with van der Waals surface area (Å²) in [5, 5.41) is 0.616. The van der Waals surface area contributed by atoms with Gasteiger partial charge in [0.2, 0.25) is 0 Å². The molecule has 0 aliphatic heterocycles. The van der Waals surface area contributed by atoms with Gasteiger partial charge in [-0.1, -0.05) is 32.4 Å². The van der Waals surface area contributed by atoms with Crippen LogP contribution in [0.4, 0.5) is 0 Å². The number of nitrogens with zero attached hydrogens (tertiary/aromatic N) is 1. The van der Waals surface area contributed by atoms with Crippen LogP contribution in [0.25, 0.3) is 0 Å². The summed E-state index contributed by atoms with van der Waals surface area (Å²) in [4.78, 5) is 4.17. The molecule has 0 saturated heterocycles. The van der Waals surface area contributed by atoms with Crippen molar-refractivity contribution in [3.05, 3.63) is 28.0 Å². The molecular formula is C11H16ClN. The molecule has 72 valence electrons. The largest absolute Gasteiger partial charge is 0.244 e. The minimum Gasteiger partial charge on any atom is -0.244 e. The SMILES string of the molecule is Cc1c(C(C)(C)C)cnc(Cl)c1C. The smallest absolute Gasteiger partial charge is 0.132 e. The summed E-state index contributed by atoms with van der Waals surface area (Å²) in [6.45, 7) is 10.7. The minimum absolute atomic E-state index is 0.145. The molecule has 0 N–H and O–H groups in total. The molecule has 1 rings (SSSR count). The maximum absolute atomic E-state index is 5.92. The number of pyridine rings is 1. The second-order valence-electron chi connectivity index (χ2n) is 4.46. The van der Waals surface area contributed by atoms with E-state index in [0.29, 0.717) is 5.15 Å². The number of halogens is 1. The Hall–Kier alpha value is -0.560. The van der Waals surface area contributed by atoms with Crippen molar-refractivity contribution < 1.29 is 0 Å². The van der Waals surface area contributed by atoms with Gasteiger partial charge in [-0.15, -0.1) is 0 Å². The lowest BCUT2D eigenvalue weighted by molar-refractivity contribution is 0.582. The van der Waals surface area contributed by atoms with E-state index in [4.69, 9.17) is 11.6 Å². The third kappa shape index (κ3) is 2.02. The summed E-state index contributed by atoms with van der Waals surface area (Å²) in [5.41, 5.74) is 3.77. The van der Waals surface area contributed by atoms with Crippen LogP contribution in [0.1, 0.15) is 37.5 Å². The lowest BCUT2D eigenvalue weighted by Crippen LogP contribution is -2.14. The molecule has 0 aliphatic rings. The third-order valence-electron chi connectivity index (χ3n) is 2.39. The van der Waals surface area contributed by atoms with Gasteiger partial charge >= 0.3 is 0 Å². The van der Waals surface area contributed by atoms with Crippen molar-refractivity contribution in [3.63, 3.8) is 0 Å². The Balaban J connectivity index is 3.35. The Morgan fingerprint density at radius 2 is 1.69 bits per heavy atom. The van der Waals surface area contributed by atoms with Crippen molar-refractivity contribution in [1.29, 1.82) is 0 Å². The lowest BCUT2D eigenvalue weighted by atomic mass is 9.84. The zero-order chi connectivity index (χ0) is 10.2. The van der Waals surface area contributed by atoms with Crippen LogP contribution in [0.2, 0.25) is 5.15 Å². The molecule has 0 aromatic carbocycles. The predicted molar refractivity (Wildman–Crippen MR) is 57.4 cm³/mol. The molecule has 0 amide bonds. The first kappa shape index (κ1) is 10.5. The molecule has 13 heavy (non-hydrogen) atoms. The highest BCUT2D eigenvalue weighted by Gasteiger charge is 2.18. The molecule has 0 bridgehead atoms. The van der Waals surface area contributed by atoms with Crippen molar-refractivity contribution >= 4 is 11.6 Å². The summed E-state index contributed by atoms with van der Waals surface area (Å²) < 4.78 is 0. The molecule has 0 aliphatic carbocycles. The van der Waals surface area contributed by atoms with E-state index in [-0.39, 0.29) is 5.41 Å². The molecule has 0 saturated carbocycles. The number of hydrogen-bond donors (Lipinski definition) is 0. The van der Waals surface area contributed by atoms with E-state index in [2.05, 4.69) is 32.7 Å². The third-order valence-corrected chi connectivity index (χ3v) is 2.77. The molecule has 1 aromatic rings. The van der Waals surface area contributed by atoms with E-state index in [0.717, 1.165) is 5.56 Å². The maximum Gasteiger partial charge on any atom is 0.132 e. The lowest BCUT2D eigenvalue weighted by Gasteiger charge is -2.22. The average Bonchev–Trinajstić information content (AvgIpc) is 1.98. The van der Waals surface area contributed by atoms with E-state index in [1.165, 1.54) is 11.1 Å². The first-order valence-electron chi connectivity index (χ1n) is 4.46. The number of aromatic nitrogens is 1. The summed E-state index contributed by atoms with van der Waals surface area (Å²) in [5.74, 6) is 0. The highest BCUT2D eigenvalue weighted by molar-refractivity contribution is 6.30. The highest BCUT2D eigenvalue weighted by Crippen LogP contribution is 2.28. The fraction of sp³-hybridized carbons (Fsp3) is 0.545. The van der Waals surface area contributed by atoms with Crippen molar-refractivity contribution in [2.75, 3.05) is 0 Å². The Kier molecular flexibility index (Phi) is 2.67. The van der Waals surface area contributed by atoms with Crippen LogP contribution >= 0.6 is 11.6 Å². The van der Waals surface area contributed by atoms with Crippen LogP contribution < -0.4 is 0 Å². The normalized spacial score (nSPS) is 11.8. The van der Waals surface area contributed by atoms with Gasteiger partial charge in [0.25, 0.3) is 0 Å². The number of rotatable bonds is 0. The van der Waals surface area contributed by atoms with Crippen molar-refractivity contribution in [2.45, 2.75) is 40.0 Å². The molecule has 1 nitrogen and oxygen atoms in total. The van der Waals surface area contributed by atoms with Crippen molar-refractivity contribution in [3.8, 4) is 0 Å². The quantitative estimate of drug-likeness (QED) is 0.579. The zero-order valence-corrected chi connectivity index (χ0v) is 9.66. The van der Waals surface area contributed by atoms with Crippen LogP contribution in [0.15, 0.2) is 6.20 Å². The first-order chi connectivity index (χ1) is 5.84. The average molecular weight is 198 g/mol. The van der Waals surface area contributed by atoms with E-state index in [1.54, 1.807) is 0 Å². The van der Waals surface area contributed by atoms with Crippen LogP contribution in [0.3, 0.4) is 0 Å². The molecule has 1 heterocycles. The van der Waals surface area contributed by atoms with Crippen molar-refractivity contribution in [1.82, 2.24) is 4.98 Å². The fourth-order valence-electron chi connectivity index (χ4n) is 1.43. The second kappa shape index (κ2) is 3.30. The van der Waals surface area contributed by atoms with Gasteiger partial charge in [0.1, 0.15) is 5.15 Å². The van der Waals surface area contributed by atoms with Crippen molar-refractivity contribution in [2.24, 2.45) is 0 Å². The fourth-order valence-corrected chi connectivity index (χ4v) is 1.62. The molecular weight excluding hydrogens is 182 g/mol. The zero-order valence-electron chi connectivity index (χ0n) is 8.90. The second-order valence-corrected chi connectivity index (χ2v) is 4.82. The van der Waals surface area contributed by atoms with E-state index < -0.39 is 0 Å². The van der Waals surface area contributed by atoms with Crippen LogP contribution in [0, 0.1) is 13.8 Å². The van der Waals surface area contributed by atoms with Gasteiger partial charge in [-0.2, -0.15) is 0 Å². The Labute approximate surface area is 85.1 Å². The molecule has 1 aromatic heterocycles. The molecule has 0 spiro atoms. The van der Waals surface area contributed by atoms with Crippen LogP contribution in [-0.4, -0.2) is 4.98 Å². The summed E-state index contributed by atoms with van der Waals surface area (Å²) in [6, 6.07) is 0. The van der Waals surface area contributed by atoms with Gasteiger partial charge in [-0.05, 0) is 36.0 Å². The number of hydrogen-bond acceptors (Lipinski definition) is 1. The van der Waals surface area contributed by atoms with E-state index in [9.17, 15) is 0 Å². The highest BCUT2D eigenvalue weighted by atomic mass is 35.5. The summed E-state index contributed by atoms with van der Waals surface area (Å²) >= 11 is 5.92. The topological polar surface area (TPSA) is 12.9 Å². The molecule has 0 atom stereocenters. The molecule has 2 heteroatoms. The monoisotopic (exact) mass is 197 g/mol. The van der Waals surface area contributed by atoms with E-state index in [1.807, 2.05) is 13.1 Å². The molecule has 0 unspecified atom stereocenters. The summed E-state index contributed by atoms with van der Waals surface area (Å²) in [6.07, 6.45) is 1.88. The standard InChI is InChI=1S/C11H16ClN/c1-7-8(2)10(12)13-6-9(7)11(3,4)5/h6H,1-5H3. The first-order valence-corrected chi connectivity index (χ1v) is 4.84. The predicted octanol–water partition coefficient (Wildman–Crippen LogP) is 3.65. The van der Waals surface area contributed by atoms with E-state index >= 15 is 0 Å². The van der Waals surface area contributed by atoms with Crippen LogP contribution in [0.5, 0.6) is 0 Å². The summed E-state index contributed by atoms with van der Waals surface area (Å²) in [7, 11) is 0. The van der Waals surface area contributed by atoms with Gasteiger partial charge < -0.3 is 0 Å². The Bertz CT molecular complexity index is 324. The van der Waals surface area contributed by atoms with Gasteiger partial charge in [-0.25, -0.2) is 4.98 Å².